The Morgan fingerprint density at radius 3 is 2.79 bits per heavy atom. The maximum atomic E-state index is 12.2. The number of amides is 1. The highest BCUT2D eigenvalue weighted by atomic mass is 16.1. The van der Waals surface area contributed by atoms with Gasteiger partial charge in [0.05, 0.1) is 11.0 Å². The number of aromatic amines is 1. The quantitative estimate of drug-likeness (QED) is 0.765. The molecule has 2 heterocycles. The zero-order valence-corrected chi connectivity index (χ0v) is 13.3. The van der Waals surface area contributed by atoms with Crippen molar-refractivity contribution in [1.82, 2.24) is 19.6 Å². The number of primary amides is 1. The Kier molecular flexibility index (Phi) is 3.55. The summed E-state index contributed by atoms with van der Waals surface area (Å²) >= 11 is 0. The third-order valence-electron chi connectivity index (χ3n) is 4.90. The van der Waals surface area contributed by atoms with Crippen LogP contribution in [0.3, 0.4) is 0 Å². The molecule has 0 atom stereocenters. The fraction of sp³-hybridized carbons (Fsp3) is 0.412. The van der Waals surface area contributed by atoms with E-state index >= 15 is 0 Å². The number of carbonyl (C=O) groups is 1. The van der Waals surface area contributed by atoms with E-state index in [2.05, 4.69) is 15.2 Å². The summed E-state index contributed by atoms with van der Waals surface area (Å²) in [6, 6.07) is 4.99. The molecule has 0 bridgehead atoms. The number of hydrogen-bond donors (Lipinski definition) is 2. The fourth-order valence-corrected chi connectivity index (χ4v) is 3.65. The van der Waals surface area contributed by atoms with Gasteiger partial charge in [-0.2, -0.15) is 0 Å². The second-order valence-corrected chi connectivity index (χ2v) is 6.53. The van der Waals surface area contributed by atoms with Crippen molar-refractivity contribution in [3.05, 3.63) is 39.9 Å². The molecule has 1 amide bonds. The van der Waals surface area contributed by atoms with Crippen molar-refractivity contribution in [3.63, 3.8) is 0 Å². The van der Waals surface area contributed by atoms with Crippen molar-refractivity contribution in [2.75, 3.05) is 0 Å². The molecule has 4 rings (SSSR count). The number of nitrogens with zero attached hydrogens (tertiary/aromatic N) is 3. The second-order valence-electron chi connectivity index (χ2n) is 6.53. The van der Waals surface area contributed by atoms with Crippen LogP contribution >= 0.6 is 0 Å². The van der Waals surface area contributed by atoms with Crippen LogP contribution in [0.2, 0.25) is 0 Å². The van der Waals surface area contributed by atoms with Gasteiger partial charge < -0.3 is 10.7 Å². The number of hydrogen-bond acceptors (Lipinski definition) is 4. The van der Waals surface area contributed by atoms with E-state index < -0.39 is 5.91 Å². The average Bonchev–Trinajstić information content (AvgIpc) is 3.00. The topological polar surface area (TPSA) is 106 Å². The summed E-state index contributed by atoms with van der Waals surface area (Å²) in [6.07, 6.45) is 6.94. The molecule has 1 aliphatic rings. The van der Waals surface area contributed by atoms with Gasteiger partial charge in [0, 0.05) is 12.0 Å². The molecule has 2 aromatic heterocycles. The van der Waals surface area contributed by atoms with Crippen molar-refractivity contribution in [3.8, 4) is 0 Å². The van der Waals surface area contributed by atoms with Crippen LogP contribution in [0.5, 0.6) is 0 Å². The van der Waals surface area contributed by atoms with Crippen LogP contribution in [0.1, 0.15) is 48.3 Å². The highest BCUT2D eigenvalue weighted by Gasteiger charge is 2.19. The maximum absolute atomic E-state index is 12.2. The summed E-state index contributed by atoms with van der Waals surface area (Å²) in [7, 11) is 0. The fourth-order valence-electron chi connectivity index (χ4n) is 3.65. The Hall–Kier alpha value is -2.70. The first-order valence-corrected chi connectivity index (χ1v) is 8.33. The standard InChI is InChI=1S/C17H19N5O2/c18-15(23)11-6-7-12-13(9-11)22-14(8-10-4-2-1-3-5-10)20-21-16(22)17(24)19-12/h6-7,9-10H,1-5,8H2,(H2,18,23)(H,19,24). The molecule has 7 nitrogen and oxygen atoms in total. The van der Waals surface area contributed by atoms with E-state index in [4.69, 9.17) is 5.73 Å². The lowest BCUT2D eigenvalue weighted by Gasteiger charge is -2.20. The van der Waals surface area contributed by atoms with E-state index in [0.717, 1.165) is 12.2 Å². The average molecular weight is 325 g/mol. The molecule has 0 unspecified atom stereocenters. The van der Waals surface area contributed by atoms with E-state index in [1.165, 1.54) is 32.1 Å². The SMILES string of the molecule is NC(=O)c1ccc2[nH]c(=O)c3nnc(CC4CCCCC4)n3c2c1. The lowest BCUT2D eigenvalue weighted by atomic mass is 9.87. The molecule has 1 aromatic carbocycles. The summed E-state index contributed by atoms with van der Waals surface area (Å²) in [4.78, 5) is 26.5. The highest BCUT2D eigenvalue weighted by Crippen LogP contribution is 2.27. The predicted octanol–water partition coefficient (Wildman–Crippen LogP) is 1.79. The van der Waals surface area contributed by atoms with E-state index in [-0.39, 0.29) is 11.2 Å². The molecule has 7 heteroatoms. The smallest absolute Gasteiger partial charge is 0.294 e. The molecule has 3 aromatic rings. The van der Waals surface area contributed by atoms with E-state index in [0.29, 0.717) is 22.5 Å². The number of fused-ring (bicyclic) bond motifs is 3. The lowest BCUT2D eigenvalue weighted by molar-refractivity contribution is 0.100. The van der Waals surface area contributed by atoms with Gasteiger partial charge in [-0.3, -0.25) is 14.0 Å². The first-order valence-electron chi connectivity index (χ1n) is 8.33. The summed E-state index contributed by atoms with van der Waals surface area (Å²) < 4.78 is 1.77. The van der Waals surface area contributed by atoms with Gasteiger partial charge in [-0.15, -0.1) is 10.2 Å². The lowest BCUT2D eigenvalue weighted by Crippen LogP contribution is -2.16. The molecule has 0 radical (unpaired) electrons. The second kappa shape index (κ2) is 5.74. The van der Waals surface area contributed by atoms with Gasteiger partial charge in [-0.25, -0.2) is 0 Å². The third kappa shape index (κ3) is 2.46. The van der Waals surface area contributed by atoms with E-state index in [1.54, 1.807) is 22.6 Å². The Morgan fingerprint density at radius 1 is 1.25 bits per heavy atom. The van der Waals surface area contributed by atoms with Gasteiger partial charge >= 0.3 is 0 Å². The van der Waals surface area contributed by atoms with Crippen LogP contribution in [-0.4, -0.2) is 25.5 Å². The molecular formula is C17H19N5O2. The van der Waals surface area contributed by atoms with Crippen molar-refractivity contribution >= 4 is 22.6 Å². The number of H-pyrrole nitrogens is 1. The van der Waals surface area contributed by atoms with Crippen LogP contribution in [0.15, 0.2) is 23.0 Å². The molecule has 1 aliphatic carbocycles. The number of carbonyl (C=O) groups excluding carboxylic acids is 1. The molecule has 0 aliphatic heterocycles. The number of benzene rings is 1. The zero-order valence-electron chi connectivity index (χ0n) is 13.3. The Balaban J connectivity index is 1.90. The zero-order chi connectivity index (χ0) is 16.7. The summed E-state index contributed by atoms with van der Waals surface area (Å²) in [5.41, 5.74) is 7.11. The summed E-state index contributed by atoms with van der Waals surface area (Å²) in [5.74, 6) is 0.840. The first-order chi connectivity index (χ1) is 11.6. The Morgan fingerprint density at radius 2 is 2.04 bits per heavy atom. The molecular weight excluding hydrogens is 306 g/mol. The van der Waals surface area contributed by atoms with Gasteiger partial charge in [0.1, 0.15) is 5.82 Å². The van der Waals surface area contributed by atoms with E-state index in [9.17, 15) is 9.59 Å². The number of aromatic nitrogens is 4. The molecule has 0 spiro atoms. The number of nitrogens with one attached hydrogen (secondary N) is 1. The largest absolute Gasteiger partial charge is 0.366 e. The third-order valence-corrected chi connectivity index (χ3v) is 4.90. The Labute approximate surface area is 137 Å². The normalized spacial score (nSPS) is 16.0. The summed E-state index contributed by atoms with van der Waals surface area (Å²) in [6.45, 7) is 0. The minimum Gasteiger partial charge on any atom is -0.366 e. The van der Waals surface area contributed by atoms with Crippen molar-refractivity contribution in [2.45, 2.75) is 38.5 Å². The summed E-state index contributed by atoms with van der Waals surface area (Å²) in [5, 5.41) is 8.31. The minimum atomic E-state index is -0.502. The molecule has 24 heavy (non-hydrogen) atoms. The number of rotatable bonds is 3. The van der Waals surface area contributed by atoms with Crippen molar-refractivity contribution in [1.29, 1.82) is 0 Å². The van der Waals surface area contributed by atoms with Crippen LogP contribution in [-0.2, 0) is 6.42 Å². The highest BCUT2D eigenvalue weighted by molar-refractivity contribution is 5.96. The molecule has 3 N–H and O–H groups in total. The van der Waals surface area contributed by atoms with Crippen molar-refractivity contribution < 1.29 is 4.79 Å². The molecule has 0 saturated heterocycles. The van der Waals surface area contributed by atoms with Crippen LogP contribution in [0.4, 0.5) is 0 Å². The minimum absolute atomic E-state index is 0.259. The van der Waals surface area contributed by atoms with Crippen LogP contribution < -0.4 is 11.3 Å². The maximum Gasteiger partial charge on any atom is 0.294 e. The van der Waals surface area contributed by atoms with E-state index in [1.807, 2.05) is 0 Å². The Bertz CT molecular complexity index is 982. The van der Waals surface area contributed by atoms with Crippen LogP contribution in [0, 0.1) is 5.92 Å². The molecule has 124 valence electrons. The molecule has 1 saturated carbocycles. The predicted molar refractivity (Wildman–Crippen MR) is 89.9 cm³/mol. The molecule has 1 fully saturated rings. The van der Waals surface area contributed by atoms with Gasteiger partial charge in [0.25, 0.3) is 5.56 Å². The van der Waals surface area contributed by atoms with Crippen molar-refractivity contribution in [2.24, 2.45) is 11.7 Å². The van der Waals surface area contributed by atoms with Gasteiger partial charge in [0.15, 0.2) is 0 Å². The van der Waals surface area contributed by atoms with Gasteiger partial charge in [0.2, 0.25) is 11.6 Å². The van der Waals surface area contributed by atoms with Gasteiger partial charge in [-0.05, 0) is 24.1 Å². The first kappa shape index (κ1) is 14.9. The monoisotopic (exact) mass is 325 g/mol. The number of nitrogens with two attached hydrogens (primary N) is 1. The van der Waals surface area contributed by atoms with Gasteiger partial charge in [-0.1, -0.05) is 32.1 Å². The van der Waals surface area contributed by atoms with Crippen LogP contribution in [0.25, 0.3) is 16.7 Å².